The van der Waals surface area contributed by atoms with E-state index >= 15 is 0 Å². The summed E-state index contributed by atoms with van der Waals surface area (Å²) in [5, 5.41) is 3.45. The van der Waals surface area contributed by atoms with Gasteiger partial charge in [-0.3, -0.25) is 4.98 Å². The van der Waals surface area contributed by atoms with Gasteiger partial charge in [0.15, 0.2) is 0 Å². The molecule has 2 fully saturated rings. The molecule has 0 spiro atoms. The SMILES string of the molecule is c1ccc2nc(N3CC4CNC4C3)cnc2c1. The molecule has 1 N–H and O–H groups in total. The van der Waals surface area contributed by atoms with E-state index in [9.17, 15) is 0 Å². The molecule has 2 aromatic rings. The van der Waals surface area contributed by atoms with Gasteiger partial charge in [-0.05, 0) is 12.1 Å². The van der Waals surface area contributed by atoms with Gasteiger partial charge in [0.2, 0.25) is 0 Å². The fraction of sp³-hybridized carbons (Fsp3) is 0.385. The largest absolute Gasteiger partial charge is 0.353 e. The van der Waals surface area contributed by atoms with Crippen molar-refractivity contribution in [3.63, 3.8) is 0 Å². The van der Waals surface area contributed by atoms with Crippen LogP contribution in [0.2, 0.25) is 0 Å². The van der Waals surface area contributed by atoms with Crippen molar-refractivity contribution >= 4 is 16.9 Å². The molecule has 17 heavy (non-hydrogen) atoms. The Labute approximate surface area is 99.7 Å². The summed E-state index contributed by atoms with van der Waals surface area (Å²) in [5.74, 6) is 1.82. The normalized spacial score (nSPS) is 26.9. The number of nitrogens with zero attached hydrogens (tertiary/aromatic N) is 3. The maximum Gasteiger partial charge on any atom is 0.147 e. The van der Waals surface area contributed by atoms with E-state index in [1.807, 2.05) is 30.5 Å². The molecule has 2 aliphatic heterocycles. The van der Waals surface area contributed by atoms with Gasteiger partial charge in [0.25, 0.3) is 0 Å². The minimum Gasteiger partial charge on any atom is -0.353 e. The van der Waals surface area contributed by atoms with Gasteiger partial charge < -0.3 is 10.2 Å². The number of hydrogen-bond donors (Lipinski definition) is 1. The molecule has 0 bridgehead atoms. The fourth-order valence-electron chi connectivity index (χ4n) is 2.74. The van der Waals surface area contributed by atoms with Crippen LogP contribution in [0.25, 0.3) is 11.0 Å². The van der Waals surface area contributed by atoms with E-state index in [0.29, 0.717) is 6.04 Å². The minimum absolute atomic E-state index is 0.670. The summed E-state index contributed by atoms with van der Waals surface area (Å²) >= 11 is 0. The fourth-order valence-corrected chi connectivity index (χ4v) is 2.74. The van der Waals surface area contributed by atoms with Crippen LogP contribution in [0, 0.1) is 5.92 Å². The lowest BCUT2D eigenvalue weighted by Gasteiger charge is -2.29. The third-order valence-electron chi connectivity index (χ3n) is 3.84. The average molecular weight is 226 g/mol. The number of rotatable bonds is 1. The lowest BCUT2D eigenvalue weighted by atomic mass is 9.96. The maximum absolute atomic E-state index is 4.69. The van der Waals surface area contributed by atoms with Crippen molar-refractivity contribution < 1.29 is 0 Å². The van der Waals surface area contributed by atoms with Gasteiger partial charge in [-0.25, -0.2) is 4.98 Å². The molecule has 0 saturated carbocycles. The molecule has 4 heteroatoms. The molecule has 1 aromatic carbocycles. The smallest absolute Gasteiger partial charge is 0.147 e. The van der Waals surface area contributed by atoms with E-state index in [-0.39, 0.29) is 0 Å². The third-order valence-corrected chi connectivity index (χ3v) is 3.84. The van der Waals surface area contributed by atoms with Crippen LogP contribution < -0.4 is 10.2 Å². The van der Waals surface area contributed by atoms with Gasteiger partial charge in [-0.15, -0.1) is 0 Å². The second-order valence-corrected chi connectivity index (χ2v) is 4.90. The average Bonchev–Trinajstić information content (AvgIpc) is 2.65. The Bertz CT molecular complexity index is 556. The Kier molecular flexibility index (Phi) is 1.87. The Morgan fingerprint density at radius 3 is 2.76 bits per heavy atom. The van der Waals surface area contributed by atoms with E-state index in [0.717, 1.165) is 42.4 Å². The molecular weight excluding hydrogens is 212 g/mol. The van der Waals surface area contributed by atoms with E-state index in [4.69, 9.17) is 0 Å². The number of benzene rings is 1. The highest BCUT2D eigenvalue weighted by molar-refractivity contribution is 5.75. The van der Waals surface area contributed by atoms with E-state index < -0.39 is 0 Å². The van der Waals surface area contributed by atoms with Gasteiger partial charge in [0.05, 0.1) is 17.2 Å². The van der Waals surface area contributed by atoms with Crippen LogP contribution in [0.1, 0.15) is 0 Å². The predicted molar refractivity (Wildman–Crippen MR) is 67.0 cm³/mol. The van der Waals surface area contributed by atoms with Crippen molar-refractivity contribution in [3.05, 3.63) is 30.5 Å². The summed E-state index contributed by atoms with van der Waals surface area (Å²) in [7, 11) is 0. The summed E-state index contributed by atoms with van der Waals surface area (Å²) in [6, 6.07) is 8.70. The van der Waals surface area contributed by atoms with E-state index in [2.05, 4.69) is 20.2 Å². The quantitative estimate of drug-likeness (QED) is 0.788. The lowest BCUT2D eigenvalue weighted by molar-refractivity contribution is 0.297. The number of aromatic nitrogens is 2. The number of nitrogens with one attached hydrogen (secondary N) is 1. The molecule has 1 aromatic heterocycles. The van der Waals surface area contributed by atoms with Crippen LogP contribution in [0.15, 0.2) is 30.5 Å². The number of hydrogen-bond acceptors (Lipinski definition) is 4. The maximum atomic E-state index is 4.69. The van der Waals surface area contributed by atoms with E-state index in [1.165, 1.54) is 0 Å². The Hall–Kier alpha value is -1.68. The van der Waals surface area contributed by atoms with Crippen molar-refractivity contribution in [2.75, 3.05) is 24.5 Å². The first-order valence-electron chi connectivity index (χ1n) is 6.10. The Balaban J connectivity index is 1.71. The second-order valence-electron chi connectivity index (χ2n) is 4.90. The lowest BCUT2D eigenvalue weighted by Crippen LogP contribution is -2.51. The van der Waals surface area contributed by atoms with Crippen LogP contribution in [-0.2, 0) is 0 Å². The molecule has 0 aliphatic carbocycles. The van der Waals surface area contributed by atoms with E-state index in [1.54, 1.807) is 0 Å². The summed E-state index contributed by atoms with van der Waals surface area (Å²) in [6.07, 6.45) is 1.90. The zero-order chi connectivity index (χ0) is 11.2. The van der Waals surface area contributed by atoms with Crippen LogP contribution in [0.3, 0.4) is 0 Å². The first kappa shape index (κ1) is 9.36. The molecule has 0 amide bonds. The highest BCUT2D eigenvalue weighted by Crippen LogP contribution is 2.27. The predicted octanol–water partition coefficient (Wildman–Crippen LogP) is 1.04. The zero-order valence-corrected chi connectivity index (χ0v) is 9.50. The molecule has 0 radical (unpaired) electrons. The molecule has 2 saturated heterocycles. The van der Waals surface area contributed by atoms with Gasteiger partial charge in [0.1, 0.15) is 5.82 Å². The van der Waals surface area contributed by atoms with Gasteiger partial charge >= 0.3 is 0 Å². The summed E-state index contributed by atoms with van der Waals surface area (Å²) in [5.41, 5.74) is 1.95. The van der Waals surface area contributed by atoms with Gasteiger partial charge in [-0.2, -0.15) is 0 Å². The molecule has 86 valence electrons. The molecule has 4 nitrogen and oxygen atoms in total. The minimum atomic E-state index is 0.670. The molecule has 2 atom stereocenters. The first-order valence-corrected chi connectivity index (χ1v) is 6.10. The van der Waals surface area contributed by atoms with Crippen molar-refractivity contribution in [1.82, 2.24) is 15.3 Å². The van der Waals surface area contributed by atoms with Crippen LogP contribution in [0.5, 0.6) is 0 Å². The summed E-state index contributed by atoms with van der Waals surface area (Å²) in [6.45, 7) is 3.34. The molecule has 2 aliphatic rings. The van der Waals surface area contributed by atoms with Gasteiger partial charge in [-0.1, -0.05) is 12.1 Å². The summed E-state index contributed by atoms with van der Waals surface area (Å²) in [4.78, 5) is 11.5. The van der Waals surface area contributed by atoms with Crippen LogP contribution in [0.4, 0.5) is 5.82 Å². The summed E-state index contributed by atoms with van der Waals surface area (Å²) < 4.78 is 0. The topological polar surface area (TPSA) is 41.1 Å². The second kappa shape index (κ2) is 3.40. The van der Waals surface area contributed by atoms with Crippen LogP contribution in [-0.4, -0.2) is 35.6 Å². The highest BCUT2D eigenvalue weighted by atomic mass is 15.3. The number of para-hydroxylation sites is 2. The third kappa shape index (κ3) is 1.41. The molecule has 4 rings (SSSR count). The van der Waals surface area contributed by atoms with Crippen molar-refractivity contribution in [3.8, 4) is 0 Å². The number of fused-ring (bicyclic) bond motifs is 2. The van der Waals surface area contributed by atoms with Crippen molar-refractivity contribution in [2.45, 2.75) is 6.04 Å². The molecule has 3 heterocycles. The highest BCUT2D eigenvalue weighted by Gasteiger charge is 2.39. The van der Waals surface area contributed by atoms with Crippen molar-refractivity contribution in [2.24, 2.45) is 5.92 Å². The molecule has 2 unspecified atom stereocenters. The molecular formula is C13H14N4. The van der Waals surface area contributed by atoms with Crippen LogP contribution >= 0.6 is 0 Å². The van der Waals surface area contributed by atoms with Crippen molar-refractivity contribution in [1.29, 1.82) is 0 Å². The van der Waals surface area contributed by atoms with Gasteiger partial charge in [0, 0.05) is 31.6 Å². The standard InChI is InChI=1S/C13H14N4/c1-2-4-11-10(3-1)15-6-13(16-11)17-7-9-5-14-12(9)8-17/h1-4,6,9,12,14H,5,7-8H2. The Morgan fingerprint density at radius 1 is 1.18 bits per heavy atom. The monoisotopic (exact) mass is 226 g/mol. The number of anilines is 1. The Morgan fingerprint density at radius 2 is 2.06 bits per heavy atom. The first-order chi connectivity index (χ1) is 8.40. The zero-order valence-electron chi connectivity index (χ0n) is 9.50.